The van der Waals surface area contributed by atoms with Gasteiger partial charge in [0.15, 0.2) is 0 Å². The third-order valence-electron chi connectivity index (χ3n) is 4.14. The Morgan fingerprint density at radius 3 is 2.13 bits per heavy atom. The number of rotatable bonds is 3. The maximum absolute atomic E-state index is 11.2. The molecule has 0 atom stereocenters. The number of hydrogen-bond acceptors (Lipinski definition) is 2. The molecule has 2 heteroatoms. The van der Waals surface area contributed by atoms with Gasteiger partial charge in [-0.15, -0.1) is 0 Å². The zero-order chi connectivity index (χ0) is 10.7. The van der Waals surface area contributed by atoms with E-state index in [1.165, 1.54) is 32.2 Å². The number of carbonyl (C=O) groups is 1. The second-order valence-corrected chi connectivity index (χ2v) is 5.04. The molecule has 0 aromatic heterocycles. The van der Waals surface area contributed by atoms with Gasteiger partial charge in [0.25, 0.3) is 0 Å². The van der Waals surface area contributed by atoms with E-state index in [1.54, 1.807) is 0 Å². The fourth-order valence-electron chi connectivity index (χ4n) is 3.31. The van der Waals surface area contributed by atoms with Crippen LogP contribution in [0.1, 0.15) is 58.3 Å². The van der Waals surface area contributed by atoms with Crippen molar-refractivity contribution in [1.29, 1.82) is 0 Å². The van der Waals surface area contributed by atoms with E-state index in [4.69, 9.17) is 0 Å². The molecule has 86 valence electrons. The van der Waals surface area contributed by atoms with Gasteiger partial charge in [-0.25, -0.2) is 0 Å². The molecule has 15 heavy (non-hydrogen) atoms. The van der Waals surface area contributed by atoms with Crippen molar-refractivity contribution in [3.8, 4) is 0 Å². The average Bonchev–Trinajstić information content (AvgIpc) is 2.75. The van der Waals surface area contributed by atoms with Crippen LogP contribution in [-0.2, 0) is 4.79 Å². The maximum atomic E-state index is 11.2. The largest absolute Gasteiger partial charge is 0.300 e. The Balaban J connectivity index is 1.90. The maximum Gasteiger partial charge on any atom is 0.133 e. The SMILES string of the molecule is CCN(C1CCCC1)C1CCC(=O)CC1. The first kappa shape index (κ1) is 11.1. The third kappa shape index (κ3) is 2.60. The van der Waals surface area contributed by atoms with Crippen LogP contribution in [0.3, 0.4) is 0 Å². The highest BCUT2D eigenvalue weighted by molar-refractivity contribution is 5.79. The highest BCUT2D eigenvalue weighted by atomic mass is 16.1. The van der Waals surface area contributed by atoms with Gasteiger partial charge in [-0.2, -0.15) is 0 Å². The highest BCUT2D eigenvalue weighted by Crippen LogP contribution is 2.29. The van der Waals surface area contributed by atoms with Gasteiger partial charge in [-0.3, -0.25) is 9.69 Å². The van der Waals surface area contributed by atoms with E-state index in [0.717, 1.165) is 31.7 Å². The van der Waals surface area contributed by atoms with Gasteiger partial charge in [0.05, 0.1) is 0 Å². The summed E-state index contributed by atoms with van der Waals surface area (Å²) in [7, 11) is 0. The summed E-state index contributed by atoms with van der Waals surface area (Å²) >= 11 is 0. The lowest BCUT2D eigenvalue weighted by atomic mass is 9.92. The van der Waals surface area contributed by atoms with Crippen LogP contribution in [0.15, 0.2) is 0 Å². The van der Waals surface area contributed by atoms with Gasteiger partial charge in [-0.1, -0.05) is 19.8 Å². The minimum Gasteiger partial charge on any atom is -0.300 e. The molecule has 0 saturated heterocycles. The molecule has 0 aromatic carbocycles. The van der Waals surface area contributed by atoms with E-state index >= 15 is 0 Å². The minimum absolute atomic E-state index is 0.480. The molecule has 0 amide bonds. The number of Topliss-reactive ketones (excluding diaryl/α,β-unsaturated/α-hetero) is 1. The van der Waals surface area contributed by atoms with Crippen molar-refractivity contribution in [2.24, 2.45) is 0 Å². The summed E-state index contributed by atoms with van der Waals surface area (Å²) in [5.74, 6) is 0.480. The van der Waals surface area contributed by atoms with Gasteiger partial charge in [0.2, 0.25) is 0 Å². The lowest BCUT2D eigenvalue weighted by Crippen LogP contribution is -2.43. The Hall–Kier alpha value is -0.370. The Labute approximate surface area is 93.0 Å². The lowest BCUT2D eigenvalue weighted by Gasteiger charge is -2.37. The Morgan fingerprint density at radius 1 is 1.07 bits per heavy atom. The van der Waals surface area contributed by atoms with E-state index in [0.29, 0.717) is 11.8 Å². The number of carbonyl (C=O) groups excluding carboxylic acids is 1. The normalized spacial score (nSPS) is 25.3. The molecular weight excluding hydrogens is 186 g/mol. The molecule has 0 N–H and O–H groups in total. The van der Waals surface area contributed by atoms with Crippen LogP contribution in [0.25, 0.3) is 0 Å². The van der Waals surface area contributed by atoms with Gasteiger partial charge in [-0.05, 0) is 32.2 Å². The van der Waals surface area contributed by atoms with Crippen molar-refractivity contribution >= 4 is 5.78 Å². The van der Waals surface area contributed by atoms with Gasteiger partial charge in [0.1, 0.15) is 5.78 Å². The predicted molar refractivity (Wildman–Crippen MR) is 61.9 cm³/mol. The van der Waals surface area contributed by atoms with Gasteiger partial charge in [0, 0.05) is 24.9 Å². The molecule has 0 radical (unpaired) electrons. The molecule has 2 aliphatic carbocycles. The molecule has 2 rings (SSSR count). The first-order valence-electron chi connectivity index (χ1n) is 6.58. The minimum atomic E-state index is 0.480. The van der Waals surface area contributed by atoms with Crippen molar-refractivity contribution in [3.63, 3.8) is 0 Å². The second-order valence-electron chi connectivity index (χ2n) is 5.04. The van der Waals surface area contributed by atoms with Crippen molar-refractivity contribution in [3.05, 3.63) is 0 Å². The van der Waals surface area contributed by atoms with Crippen LogP contribution in [0.2, 0.25) is 0 Å². The average molecular weight is 209 g/mol. The predicted octanol–water partition coefficient (Wildman–Crippen LogP) is 2.76. The molecule has 2 nitrogen and oxygen atoms in total. The number of nitrogens with zero attached hydrogens (tertiary/aromatic N) is 1. The molecule has 0 bridgehead atoms. The third-order valence-corrected chi connectivity index (χ3v) is 4.14. The summed E-state index contributed by atoms with van der Waals surface area (Å²) in [5.41, 5.74) is 0. The standard InChI is InChI=1S/C13H23NO/c1-2-14(11-5-3-4-6-11)12-7-9-13(15)10-8-12/h11-12H,2-10H2,1H3. The molecule has 2 aliphatic rings. The number of hydrogen-bond donors (Lipinski definition) is 0. The fourth-order valence-corrected chi connectivity index (χ4v) is 3.31. The molecule has 0 spiro atoms. The van der Waals surface area contributed by atoms with E-state index in [9.17, 15) is 4.79 Å². The van der Waals surface area contributed by atoms with Gasteiger partial charge < -0.3 is 0 Å². The summed E-state index contributed by atoms with van der Waals surface area (Å²) < 4.78 is 0. The molecule has 2 fully saturated rings. The smallest absolute Gasteiger partial charge is 0.133 e. The van der Waals surface area contributed by atoms with Crippen LogP contribution < -0.4 is 0 Å². The monoisotopic (exact) mass is 209 g/mol. The zero-order valence-electron chi connectivity index (χ0n) is 9.87. The van der Waals surface area contributed by atoms with E-state index < -0.39 is 0 Å². The summed E-state index contributed by atoms with van der Waals surface area (Å²) in [5, 5.41) is 0. The topological polar surface area (TPSA) is 20.3 Å². The van der Waals surface area contributed by atoms with E-state index in [-0.39, 0.29) is 0 Å². The van der Waals surface area contributed by atoms with Crippen LogP contribution in [0, 0.1) is 0 Å². The fraction of sp³-hybridized carbons (Fsp3) is 0.923. The molecule has 0 aliphatic heterocycles. The zero-order valence-corrected chi connectivity index (χ0v) is 9.87. The first-order valence-corrected chi connectivity index (χ1v) is 6.58. The van der Waals surface area contributed by atoms with Crippen LogP contribution in [0.5, 0.6) is 0 Å². The highest BCUT2D eigenvalue weighted by Gasteiger charge is 2.29. The molecule has 0 heterocycles. The van der Waals surface area contributed by atoms with Crippen molar-refractivity contribution in [2.75, 3.05) is 6.54 Å². The van der Waals surface area contributed by atoms with Crippen molar-refractivity contribution in [1.82, 2.24) is 4.90 Å². The Morgan fingerprint density at radius 2 is 1.60 bits per heavy atom. The lowest BCUT2D eigenvalue weighted by molar-refractivity contribution is -0.121. The summed E-state index contributed by atoms with van der Waals surface area (Å²) in [6.45, 7) is 3.44. The summed E-state index contributed by atoms with van der Waals surface area (Å²) in [6, 6.07) is 1.53. The van der Waals surface area contributed by atoms with Crippen molar-refractivity contribution < 1.29 is 4.79 Å². The number of ketones is 1. The van der Waals surface area contributed by atoms with Gasteiger partial charge >= 0.3 is 0 Å². The quantitative estimate of drug-likeness (QED) is 0.712. The first-order chi connectivity index (χ1) is 7.31. The molecular formula is C13H23NO. The van der Waals surface area contributed by atoms with Crippen LogP contribution >= 0.6 is 0 Å². The molecule has 0 aromatic rings. The molecule has 2 saturated carbocycles. The Bertz CT molecular complexity index is 211. The van der Waals surface area contributed by atoms with E-state index in [1.807, 2.05) is 0 Å². The van der Waals surface area contributed by atoms with Crippen molar-refractivity contribution in [2.45, 2.75) is 70.4 Å². The summed E-state index contributed by atoms with van der Waals surface area (Å²) in [6.07, 6.45) is 9.48. The Kier molecular flexibility index (Phi) is 3.79. The van der Waals surface area contributed by atoms with E-state index in [2.05, 4.69) is 11.8 Å². The second kappa shape index (κ2) is 5.11. The van der Waals surface area contributed by atoms with Crippen LogP contribution in [-0.4, -0.2) is 29.3 Å². The van der Waals surface area contributed by atoms with Crippen LogP contribution in [0.4, 0.5) is 0 Å². The summed E-state index contributed by atoms with van der Waals surface area (Å²) in [4.78, 5) is 13.9. The molecule has 0 unspecified atom stereocenters.